The highest BCUT2D eigenvalue weighted by Gasteiger charge is 2.23. The first kappa shape index (κ1) is 18.6. The average Bonchev–Trinajstić information content (AvgIpc) is 3.29. The van der Waals surface area contributed by atoms with Gasteiger partial charge in [0.25, 0.3) is 5.91 Å². The molecule has 9 heteroatoms. The average molecular weight is 400 g/mol. The summed E-state index contributed by atoms with van der Waals surface area (Å²) < 4.78 is 12.1. The second-order valence-electron chi connectivity index (χ2n) is 6.58. The maximum Gasteiger partial charge on any atom is 0.356 e. The van der Waals surface area contributed by atoms with E-state index in [4.69, 9.17) is 4.74 Å². The van der Waals surface area contributed by atoms with Crippen LogP contribution in [0.15, 0.2) is 24.4 Å². The number of hydrogen-bond donors (Lipinski definition) is 1. The first-order chi connectivity index (χ1) is 13.6. The van der Waals surface area contributed by atoms with Crippen LogP contribution in [0.25, 0.3) is 10.2 Å². The van der Waals surface area contributed by atoms with Crippen molar-refractivity contribution in [3.8, 4) is 0 Å². The second kappa shape index (κ2) is 7.69. The Morgan fingerprint density at radius 1 is 1.32 bits per heavy atom. The molecule has 8 nitrogen and oxygen atoms in total. The molecule has 0 aliphatic carbocycles. The molecule has 4 rings (SSSR count). The summed E-state index contributed by atoms with van der Waals surface area (Å²) in [5.74, 6) is -0.734. The third-order valence-electron chi connectivity index (χ3n) is 4.74. The van der Waals surface area contributed by atoms with Crippen LogP contribution < -0.4 is 5.32 Å². The predicted molar refractivity (Wildman–Crippen MR) is 105 cm³/mol. The Morgan fingerprint density at radius 3 is 2.79 bits per heavy atom. The van der Waals surface area contributed by atoms with E-state index in [1.54, 1.807) is 6.07 Å². The highest BCUT2D eigenvalue weighted by molar-refractivity contribution is 7.20. The Labute approximate surface area is 165 Å². The van der Waals surface area contributed by atoms with Gasteiger partial charge in [0, 0.05) is 18.6 Å². The highest BCUT2D eigenvalue weighted by atomic mass is 32.1. The number of carbonyl (C=O) groups is 2. The number of aromatic nitrogens is 3. The zero-order chi connectivity index (χ0) is 19.7. The van der Waals surface area contributed by atoms with Crippen LogP contribution in [0.3, 0.4) is 0 Å². The second-order valence-corrected chi connectivity index (χ2v) is 7.61. The number of esters is 1. The summed E-state index contributed by atoms with van der Waals surface area (Å²) in [4.78, 5) is 29.8. The fourth-order valence-electron chi connectivity index (χ4n) is 3.25. The van der Waals surface area contributed by atoms with Gasteiger partial charge in [-0.2, -0.15) is 5.10 Å². The fraction of sp³-hybridized carbons (Fsp3) is 0.368. The van der Waals surface area contributed by atoms with Crippen molar-refractivity contribution in [2.45, 2.75) is 25.8 Å². The molecular formula is C19H20N4O4S. The number of pyridine rings is 1. The Balaban J connectivity index is 1.55. The van der Waals surface area contributed by atoms with Gasteiger partial charge < -0.3 is 14.8 Å². The minimum atomic E-state index is -0.518. The quantitative estimate of drug-likeness (QED) is 0.676. The number of nitrogens with zero attached hydrogens (tertiary/aromatic N) is 3. The van der Waals surface area contributed by atoms with E-state index in [0.29, 0.717) is 16.6 Å². The Kier molecular flexibility index (Phi) is 5.10. The molecule has 0 unspecified atom stereocenters. The number of thiophene rings is 1. The van der Waals surface area contributed by atoms with Crippen LogP contribution in [-0.4, -0.2) is 47.0 Å². The number of rotatable bonds is 4. The SMILES string of the molecule is COC(=O)c1ccc(NC(=O)c2cc3c(C)nn(C4CCOCC4)c3s2)cn1. The van der Waals surface area contributed by atoms with Crippen LogP contribution in [0.1, 0.15) is 44.7 Å². The van der Waals surface area contributed by atoms with E-state index >= 15 is 0 Å². The first-order valence-corrected chi connectivity index (χ1v) is 9.80. The van der Waals surface area contributed by atoms with Crippen molar-refractivity contribution in [3.63, 3.8) is 0 Å². The van der Waals surface area contributed by atoms with Gasteiger partial charge in [-0.3, -0.25) is 9.48 Å². The summed E-state index contributed by atoms with van der Waals surface area (Å²) in [6.45, 7) is 3.43. The van der Waals surface area contributed by atoms with Gasteiger partial charge in [-0.25, -0.2) is 9.78 Å². The largest absolute Gasteiger partial charge is 0.464 e. The molecule has 0 spiro atoms. The summed E-state index contributed by atoms with van der Waals surface area (Å²) in [5.41, 5.74) is 1.62. The maximum atomic E-state index is 12.7. The van der Waals surface area contributed by atoms with Crippen LogP contribution in [0.2, 0.25) is 0 Å². The van der Waals surface area contributed by atoms with Gasteiger partial charge >= 0.3 is 5.97 Å². The fourth-order valence-corrected chi connectivity index (χ4v) is 4.38. The van der Waals surface area contributed by atoms with Gasteiger partial charge in [0.1, 0.15) is 10.5 Å². The van der Waals surface area contributed by atoms with Crippen molar-refractivity contribution in [2.24, 2.45) is 0 Å². The minimum absolute atomic E-state index is 0.189. The summed E-state index contributed by atoms with van der Waals surface area (Å²) in [6, 6.07) is 5.32. The van der Waals surface area contributed by atoms with E-state index in [0.717, 1.165) is 42.0 Å². The van der Waals surface area contributed by atoms with E-state index < -0.39 is 5.97 Å². The Bertz CT molecular complexity index is 1020. The normalized spacial score (nSPS) is 14.9. The van der Waals surface area contributed by atoms with Gasteiger partial charge in [0.15, 0.2) is 0 Å². The number of hydrogen-bond acceptors (Lipinski definition) is 7. The van der Waals surface area contributed by atoms with E-state index in [-0.39, 0.29) is 11.6 Å². The molecule has 1 saturated heterocycles. The molecule has 0 atom stereocenters. The molecule has 0 radical (unpaired) electrons. The number of fused-ring (bicyclic) bond motifs is 1. The van der Waals surface area contributed by atoms with Crippen molar-refractivity contribution in [2.75, 3.05) is 25.6 Å². The molecule has 0 saturated carbocycles. The molecule has 3 aromatic rings. The number of anilines is 1. The molecule has 0 bridgehead atoms. The molecule has 3 aromatic heterocycles. The van der Waals surface area contributed by atoms with Crippen LogP contribution in [0.4, 0.5) is 5.69 Å². The van der Waals surface area contributed by atoms with Crippen LogP contribution in [-0.2, 0) is 9.47 Å². The standard InChI is InChI=1S/C19H20N4O4S/c1-11-14-9-16(28-18(14)23(22-11)13-5-7-27-8-6-13)17(24)21-12-3-4-15(20-10-12)19(25)26-2/h3-4,9-10,13H,5-8H2,1-2H3,(H,21,24). The number of amides is 1. The number of ether oxygens (including phenoxy) is 2. The molecule has 0 aromatic carbocycles. The summed E-state index contributed by atoms with van der Waals surface area (Å²) in [7, 11) is 1.30. The molecule has 146 valence electrons. The maximum absolute atomic E-state index is 12.7. The molecule has 28 heavy (non-hydrogen) atoms. The third-order valence-corrected chi connectivity index (χ3v) is 5.87. The smallest absolute Gasteiger partial charge is 0.356 e. The topological polar surface area (TPSA) is 95.3 Å². The van der Waals surface area contributed by atoms with Crippen LogP contribution in [0, 0.1) is 6.92 Å². The molecule has 1 N–H and O–H groups in total. The predicted octanol–water partition coefficient (Wildman–Crippen LogP) is 3.19. The lowest BCUT2D eigenvalue weighted by Crippen LogP contribution is -2.20. The minimum Gasteiger partial charge on any atom is -0.464 e. The molecule has 1 amide bonds. The summed E-state index contributed by atoms with van der Waals surface area (Å²) in [5, 5.41) is 8.50. The van der Waals surface area contributed by atoms with Crippen molar-refractivity contribution in [1.82, 2.24) is 14.8 Å². The lowest BCUT2D eigenvalue weighted by molar-refractivity contribution is 0.0594. The monoisotopic (exact) mass is 400 g/mol. The zero-order valence-electron chi connectivity index (χ0n) is 15.6. The summed E-state index contributed by atoms with van der Waals surface area (Å²) in [6.07, 6.45) is 3.29. The van der Waals surface area contributed by atoms with E-state index in [1.807, 2.05) is 17.7 Å². The summed E-state index contributed by atoms with van der Waals surface area (Å²) >= 11 is 1.43. The van der Waals surface area contributed by atoms with Crippen LogP contribution >= 0.6 is 11.3 Å². The van der Waals surface area contributed by atoms with Gasteiger partial charge in [-0.15, -0.1) is 11.3 Å². The van der Waals surface area contributed by atoms with E-state index in [2.05, 4.69) is 20.1 Å². The Hall–Kier alpha value is -2.78. The van der Waals surface area contributed by atoms with Gasteiger partial charge in [-0.05, 0) is 38.0 Å². The van der Waals surface area contributed by atoms with E-state index in [9.17, 15) is 9.59 Å². The Morgan fingerprint density at radius 2 is 2.11 bits per heavy atom. The molecule has 4 heterocycles. The van der Waals surface area contributed by atoms with Crippen LogP contribution in [0.5, 0.6) is 0 Å². The van der Waals surface area contributed by atoms with Crippen molar-refractivity contribution >= 4 is 39.1 Å². The third kappa shape index (κ3) is 3.50. The number of carbonyl (C=O) groups excluding carboxylic acids is 2. The van der Waals surface area contributed by atoms with Gasteiger partial charge in [0.2, 0.25) is 0 Å². The zero-order valence-corrected chi connectivity index (χ0v) is 16.4. The molecule has 1 fully saturated rings. The van der Waals surface area contributed by atoms with Gasteiger partial charge in [0.05, 0.1) is 35.6 Å². The van der Waals surface area contributed by atoms with E-state index in [1.165, 1.54) is 30.7 Å². The number of methoxy groups -OCH3 is 1. The molecule has 1 aliphatic rings. The first-order valence-electron chi connectivity index (χ1n) is 8.99. The lowest BCUT2D eigenvalue weighted by Gasteiger charge is -2.22. The van der Waals surface area contributed by atoms with Gasteiger partial charge in [-0.1, -0.05) is 0 Å². The van der Waals surface area contributed by atoms with Crippen molar-refractivity contribution < 1.29 is 19.1 Å². The lowest BCUT2D eigenvalue weighted by atomic mass is 10.1. The van der Waals surface area contributed by atoms with Crippen molar-refractivity contribution in [3.05, 3.63) is 40.7 Å². The molecule has 1 aliphatic heterocycles. The van der Waals surface area contributed by atoms with Crippen molar-refractivity contribution in [1.29, 1.82) is 0 Å². The highest BCUT2D eigenvalue weighted by Crippen LogP contribution is 2.33. The number of aryl methyl sites for hydroxylation is 1. The number of nitrogens with one attached hydrogen (secondary N) is 1. The molecular weight excluding hydrogens is 380 g/mol.